The van der Waals surface area contributed by atoms with Crippen molar-refractivity contribution in [2.45, 2.75) is 39.4 Å². The fourth-order valence-corrected chi connectivity index (χ4v) is 3.15. The van der Waals surface area contributed by atoms with E-state index in [0.29, 0.717) is 0 Å². The van der Waals surface area contributed by atoms with Gasteiger partial charge < -0.3 is 15.2 Å². The molecular weight excluding hydrogens is 310 g/mol. The van der Waals surface area contributed by atoms with E-state index in [4.69, 9.17) is 4.74 Å². The molecule has 0 radical (unpaired) electrons. The van der Waals surface area contributed by atoms with Crippen LogP contribution in [0.1, 0.15) is 47.7 Å². The van der Waals surface area contributed by atoms with Gasteiger partial charge in [-0.05, 0) is 55.0 Å². The van der Waals surface area contributed by atoms with Gasteiger partial charge in [0.25, 0.3) is 5.91 Å². The van der Waals surface area contributed by atoms with Gasteiger partial charge in [0.15, 0.2) is 0 Å². The van der Waals surface area contributed by atoms with Crippen molar-refractivity contribution in [3.63, 3.8) is 0 Å². The van der Waals surface area contributed by atoms with E-state index >= 15 is 0 Å². The molecule has 2 rings (SSSR count). The maximum absolute atomic E-state index is 12.2. The molecule has 23 heavy (non-hydrogen) atoms. The van der Waals surface area contributed by atoms with E-state index in [1.165, 1.54) is 11.3 Å². The van der Waals surface area contributed by atoms with E-state index in [2.05, 4.69) is 5.32 Å². The number of aliphatic hydroxyl groups excluding tert-OH is 1. The Balaban J connectivity index is 1.91. The van der Waals surface area contributed by atoms with E-state index in [1.54, 1.807) is 0 Å². The SMILES string of the molecule is CCc1ccsc1C(=O)NCC(O)c1ccc(OC(C)C)cc1. The summed E-state index contributed by atoms with van der Waals surface area (Å²) in [5, 5.41) is 14.9. The molecular formula is C18H23NO3S. The summed E-state index contributed by atoms with van der Waals surface area (Å²) in [6, 6.07) is 9.25. The lowest BCUT2D eigenvalue weighted by Gasteiger charge is -2.14. The minimum absolute atomic E-state index is 0.114. The highest BCUT2D eigenvalue weighted by Crippen LogP contribution is 2.20. The molecule has 1 heterocycles. The zero-order valence-corrected chi connectivity index (χ0v) is 14.5. The van der Waals surface area contributed by atoms with Crippen LogP contribution in [0.4, 0.5) is 0 Å². The first-order valence-corrected chi connectivity index (χ1v) is 8.68. The maximum Gasteiger partial charge on any atom is 0.261 e. The van der Waals surface area contributed by atoms with Gasteiger partial charge in [0, 0.05) is 6.54 Å². The monoisotopic (exact) mass is 333 g/mol. The average Bonchev–Trinajstić information content (AvgIpc) is 3.01. The normalized spacial score (nSPS) is 12.2. The fourth-order valence-electron chi connectivity index (χ4n) is 2.24. The van der Waals surface area contributed by atoms with Crippen LogP contribution in [0.25, 0.3) is 0 Å². The largest absolute Gasteiger partial charge is 0.491 e. The number of ether oxygens (including phenoxy) is 1. The van der Waals surface area contributed by atoms with Crippen LogP contribution in [0.3, 0.4) is 0 Å². The van der Waals surface area contributed by atoms with Crippen LogP contribution in [-0.2, 0) is 6.42 Å². The Morgan fingerprint density at radius 2 is 1.96 bits per heavy atom. The summed E-state index contributed by atoms with van der Waals surface area (Å²) in [6.07, 6.45) is 0.201. The summed E-state index contributed by atoms with van der Waals surface area (Å²) >= 11 is 1.43. The van der Waals surface area contributed by atoms with Gasteiger partial charge in [0.05, 0.1) is 17.1 Å². The molecule has 0 bridgehead atoms. The molecule has 4 nitrogen and oxygen atoms in total. The third-order valence-corrected chi connectivity index (χ3v) is 4.38. The van der Waals surface area contributed by atoms with E-state index in [0.717, 1.165) is 28.2 Å². The number of carbonyl (C=O) groups excluding carboxylic acids is 1. The minimum atomic E-state index is -0.739. The first-order chi connectivity index (χ1) is 11.0. The molecule has 5 heteroatoms. The van der Waals surface area contributed by atoms with E-state index in [-0.39, 0.29) is 18.6 Å². The predicted molar refractivity (Wildman–Crippen MR) is 93.2 cm³/mol. The van der Waals surface area contributed by atoms with E-state index in [1.807, 2.05) is 56.5 Å². The Hall–Kier alpha value is -1.85. The highest BCUT2D eigenvalue weighted by molar-refractivity contribution is 7.12. The van der Waals surface area contributed by atoms with Gasteiger partial charge in [-0.25, -0.2) is 0 Å². The van der Waals surface area contributed by atoms with Gasteiger partial charge in [-0.3, -0.25) is 4.79 Å². The molecule has 0 saturated heterocycles. The second kappa shape index (κ2) is 8.13. The molecule has 1 amide bonds. The van der Waals surface area contributed by atoms with E-state index < -0.39 is 6.10 Å². The third-order valence-electron chi connectivity index (χ3n) is 3.43. The standard InChI is InChI=1S/C18H23NO3S/c1-4-13-9-10-23-17(13)18(21)19-11-16(20)14-5-7-15(8-6-14)22-12(2)3/h5-10,12,16,20H,4,11H2,1-3H3,(H,19,21). The second-order valence-corrected chi connectivity index (χ2v) is 6.51. The minimum Gasteiger partial charge on any atom is -0.491 e. The number of thiophene rings is 1. The molecule has 1 atom stereocenters. The molecule has 1 aromatic heterocycles. The van der Waals surface area contributed by atoms with Crippen LogP contribution < -0.4 is 10.1 Å². The summed E-state index contributed by atoms with van der Waals surface area (Å²) in [7, 11) is 0. The Kier molecular flexibility index (Phi) is 6.19. The van der Waals surface area contributed by atoms with Crippen molar-refractivity contribution in [2.75, 3.05) is 6.54 Å². The first kappa shape index (κ1) is 17.5. The summed E-state index contributed by atoms with van der Waals surface area (Å²) in [6.45, 7) is 6.14. The van der Waals surface area contributed by atoms with Crippen molar-refractivity contribution in [2.24, 2.45) is 0 Å². The molecule has 0 aliphatic rings. The smallest absolute Gasteiger partial charge is 0.261 e. The number of hydrogen-bond donors (Lipinski definition) is 2. The quantitative estimate of drug-likeness (QED) is 0.814. The Morgan fingerprint density at radius 1 is 1.26 bits per heavy atom. The summed E-state index contributed by atoms with van der Waals surface area (Å²) in [4.78, 5) is 12.9. The lowest BCUT2D eigenvalue weighted by atomic mass is 10.1. The molecule has 0 saturated carbocycles. The number of amides is 1. The van der Waals surface area contributed by atoms with Crippen molar-refractivity contribution in [3.8, 4) is 5.75 Å². The maximum atomic E-state index is 12.2. The molecule has 0 spiro atoms. The van der Waals surface area contributed by atoms with Gasteiger partial charge in [-0.15, -0.1) is 11.3 Å². The molecule has 124 valence electrons. The number of aryl methyl sites for hydroxylation is 1. The highest BCUT2D eigenvalue weighted by atomic mass is 32.1. The lowest BCUT2D eigenvalue weighted by Crippen LogP contribution is -2.28. The molecule has 1 unspecified atom stereocenters. The number of carbonyl (C=O) groups is 1. The Labute approximate surface area is 141 Å². The topological polar surface area (TPSA) is 58.6 Å². The van der Waals surface area contributed by atoms with Crippen LogP contribution >= 0.6 is 11.3 Å². The first-order valence-electron chi connectivity index (χ1n) is 7.80. The zero-order chi connectivity index (χ0) is 16.8. The number of rotatable bonds is 7. The molecule has 2 N–H and O–H groups in total. The van der Waals surface area contributed by atoms with Gasteiger partial charge in [0.1, 0.15) is 5.75 Å². The Bertz CT molecular complexity index is 634. The summed E-state index contributed by atoms with van der Waals surface area (Å²) in [5.74, 6) is 0.641. The fraction of sp³-hybridized carbons (Fsp3) is 0.389. The van der Waals surface area contributed by atoms with Crippen molar-refractivity contribution < 1.29 is 14.6 Å². The zero-order valence-electron chi connectivity index (χ0n) is 13.7. The van der Waals surface area contributed by atoms with Crippen LogP contribution in [0.2, 0.25) is 0 Å². The van der Waals surface area contributed by atoms with Crippen LogP contribution in [0.5, 0.6) is 5.75 Å². The average molecular weight is 333 g/mol. The lowest BCUT2D eigenvalue weighted by molar-refractivity contribution is 0.0919. The van der Waals surface area contributed by atoms with Crippen LogP contribution in [0.15, 0.2) is 35.7 Å². The van der Waals surface area contributed by atoms with Crippen molar-refractivity contribution in [1.29, 1.82) is 0 Å². The van der Waals surface area contributed by atoms with Gasteiger partial charge in [0.2, 0.25) is 0 Å². The van der Waals surface area contributed by atoms with Crippen molar-refractivity contribution in [1.82, 2.24) is 5.32 Å². The van der Waals surface area contributed by atoms with Crippen molar-refractivity contribution >= 4 is 17.2 Å². The Morgan fingerprint density at radius 3 is 2.57 bits per heavy atom. The number of hydrogen-bond acceptors (Lipinski definition) is 4. The van der Waals surface area contributed by atoms with Crippen molar-refractivity contribution in [3.05, 3.63) is 51.7 Å². The second-order valence-electron chi connectivity index (χ2n) is 5.59. The predicted octanol–water partition coefficient (Wildman–Crippen LogP) is 3.56. The molecule has 1 aromatic carbocycles. The van der Waals surface area contributed by atoms with Gasteiger partial charge in [-0.1, -0.05) is 19.1 Å². The third kappa shape index (κ3) is 4.81. The number of benzene rings is 1. The molecule has 0 fully saturated rings. The number of aliphatic hydroxyl groups is 1. The van der Waals surface area contributed by atoms with Gasteiger partial charge >= 0.3 is 0 Å². The highest BCUT2D eigenvalue weighted by Gasteiger charge is 2.14. The van der Waals surface area contributed by atoms with Crippen LogP contribution in [0, 0.1) is 0 Å². The van der Waals surface area contributed by atoms with Gasteiger partial charge in [-0.2, -0.15) is 0 Å². The molecule has 2 aromatic rings. The summed E-state index contributed by atoms with van der Waals surface area (Å²) in [5.41, 5.74) is 1.79. The van der Waals surface area contributed by atoms with E-state index in [9.17, 15) is 9.90 Å². The van der Waals surface area contributed by atoms with Crippen LogP contribution in [-0.4, -0.2) is 23.7 Å². The molecule has 0 aliphatic carbocycles. The summed E-state index contributed by atoms with van der Waals surface area (Å²) < 4.78 is 5.57. The number of nitrogens with one attached hydrogen (secondary N) is 1. The molecule has 0 aliphatic heterocycles.